The predicted molar refractivity (Wildman–Crippen MR) is 118 cm³/mol. The summed E-state index contributed by atoms with van der Waals surface area (Å²) in [6.07, 6.45) is 6.36. The van der Waals surface area contributed by atoms with Gasteiger partial charge in [0.25, 0.3) is 5.91 Å². The minimum Gasteiger partial charge on any atom is -0.383 e. The Kier molecular flexibility index (Phi) is 6.74. The fourth-order valence-corrected chi connectivity index (χ4v) is 5.71. The molecule has 2 aliphatic rings. The number of aryl methyl sites for hydroxylation is 1. The Morgan fingerprint density at radius 2 is 2.07 bits per heavy atom. The van der Waals surface area contributed by atoms with Crippen molar-refractivity contribution in [3.63, 3.8) is 0 Å². The summed E-state index contributed by atoms with van der Waals surface area (Å²) in [6, 6.07) is 0. The zero-order valence-corrected chi connectivity index (χ0v) is 19.0. The Morgan fingerprint density at radius 3 is 2.83 bits per heavy atom. The number of rotatable bonds is 9. The van der Waals surface area contributed by atoms with Crippen LogP contribution >= 0.6 is 23.1 Å². The highest BCUT2D eigenvalue weighted by atomic mass is 32.2. The van der Waals surface area contributed by atoms with E-state index in [2.05, 4.69) is 20.8 Å². The number of thiophene rings is 1. The molecule has 2 amide bonds. The number of anilines is 1. The Bertz CT molecular complexity index is 935. The molecule has 8 nitrogen and oxygen atoms in total. The standard InChI is InChI=1S/C20H27N5O3S2/c1-25-17(12-7-8-12)23-24-20(25)29-11-15(26)22-19-16(18(27)21-9-10-28-2)13-5-3-4-6-14(13)30-19/h12H,3-11H2,1-2H3,(H,21,27)(H,22,26). The van der Waals surface area contributed by atoms with Crippen LogP contribution in [0.4, 0.5) is 5.00 Å². The van der Waals surface area contributed by atoms with E-state index in [0.29, 0.717) is 29.6 Å². The van der Waals surface area contributed by atoms with Gasteiger partial charge in [-0.25, -0.2) is 0 Å². The Morgan fingerprint density at radius 1 is 1.27 bits per heavy atom. The Balaban J connectivity index is 1.43. The lowest BCUT2D eigenvalue weighted by molar-refractivity contribution is -0.113. The molecule has 30 heavy (non-hydrogen) atoms. The number of hydrogen-bond donors (Lipinski definition) is 2. The third-order valence-electron chi connectivity index (χ3n) is 5.39. The van der Waals surface area contributed by atoms with E-state index in [9.17, 15) is 9.59 Å². The summed E-state index contributed by atoms with van der Waals surface area (Å²) in [5.74, 6) is 1.46. The van der Waals surface area contributed by atoms with Crippen LogP contribution in [0, 0.1) is 0 Å². The van der Waals surface area contributed by atoms with Gasteiger partial charge in [-0.3, -0.25) is 9.59 Å². The van der Waals surface area contributed by atoms with Crippen molar-refractivity contribution >= 4 is 39.9 Å². The van der Waals surface area contributed by atoms with Gasteiger partial charge in [0.2, 0.25) is 5.91 Å². The van der Waals surface area contributed by atoms with Gasteiger partial charge in [-0.15, -0.1) is 21.5 Å². The van der Waals surface area contributed by atoms with Gasteiger partial charge >= 0.3 is 0 Å². The van der Waals surface area contributed by atoms with E-state index in [1.165, 1.54) is 28.0 Å². The monoisotopic (exact) mass is 449 g/mol. The first-order chi connectivity index (χ1) is 14.6. The summed E-state index contributed by atoms with van der Waals surface area (Å²) in [7, 11) is 3.55. The summed E-state index contributed by atoms with van der Waals surface area (Å²) in [5, 5.41) is 15.8. The molecule has 2 N–H and O–H groups in total. The molecule has 0 radical (unpaired) electrons. The van der Waals surface area contributed by atoms with Gasteiger partial charge < -0.3 is 19.9 Å². The number of hydrogen-bond acceptors (Lipinski definition) is 7. The molecule has 0 spiro atoms. The van der Waals surface area contributed by atoms with Crippen LogP contribution in [0.2, 0.25) is 0 Å². The number of methoxy groups -OCH3 is 1. The van der Waals surface area contributed by atoms with Crippen molar-refractivity contribution in [2.24, 2.45) is 7.05 Å². The van der Waals surface area contributed by atoms with Gasteiger partial charge in [-0.05, 0) is 44.1 Å². The van der Waals surface area contributed by atoms with Gasteiger partial charge in [0, 0.05) is 31.5 Å². The van der Waals surface area contributed by atoms with E-state index in [0.717, 1.165) is 55.1 Å². The van der Waals surface area contributed by atoms with Crippen LogP contribution in [0.15, 0.2) is 5.16 Å². The molecule has 162 valence electrons. The van der Waals surface area contributed by atoms with Crippen molar-refractivity contribution in [2.75, 3.05) is 31.3 Å². The first-order valence-corrected chi connectivity index (χ1v) is 12.1. The SMILES string of the molecule is COCCNC(=O)c1c(NC(=O)CSc2nnc(C3CC3)n2C)sc2c1CCCC2. The van der Waals surface area contributed by atoms with Gasteiger partial charge in [-0.1, -0.05) is 11.8 Å². The van der Waals surface area contributed by atoms with Gasteiger partial charge in [0.05, 0.1) is 17.9 Å². The molecule has 2 aliphatic carbocycles. The molecule has 0 atom stereocenters. The second-order valence-corrected chi connectivity index (χ2v) is 9.72. The number of amides is 2. The maximum atomic E-state index is 12.8. The van der Waals surface area contributed by atoms with Gasteiger partial charge in [0.15, 0.2) is 5.16 Å². The number of fused-ring (bicyclic) bond motifs is 1. The first kappa shape index (κ1) is 21.3. The van der Waals surface area contributed by atoms with Crippen LogP contribution in [0.3, 0.4) is 0 Å². The molecule has 0 bridgehead atoms. The van der Waals surface area contributed by atoms with E-state index >= 15 is 0 Å². The second-order valence-electron chi connectivity index (χ2n) is 7.67. The fraction of sp³-hybridized carbons (Fsp3) is 0.600. The van der Waals surface area contributed by atoms with E-state index in [4.69, 9.17) is 4.74 Å². The minimum atomic E-state index is -0.142. The number of aromatic nitrogens is 3. The highest BCUT2D eigenvalue weighted by Gasteiger charge is 2.30. The van der Waals surface area contributed by atoms with E-state index in [1.54, 1.807) is 7.11 Å². The fourth-order valence-electron chi connectivity index (χ4n) is 3.69. The molecule has 1 saturated carbocycles. The summed E-state index contributed by atoms with van der Waals surface area (Å²) >= 11 is 2.90. The zero-order valence-electron chi connectivity index (χ0n) is 17.3. The summed E-state index contributed by atoms with van der Waals surface area (Å²) in [6.45, 7) is 0.898. The molecule has 2 aromatic heterocycles. The molecule has 2 heterocycles. The number of nitrogens with zero attached hydrogens (tertiary/aromatic N) is 3. The lowest BCUT2D eigenvalue weighted by atomic mass is 9.95. The summed E-state index contributed by atoms with van der Waals surface area (Å²) < 4.78 is 7.00. The van der Waals surface area contributed by atoms with E-state index < -0.39 is 0 Å². The number of carbonyl (C=O) groups excluding carboxylic acids is 2. The Hall–Kier alpha value is -1.91. The third-order valence-corrected chi connectivity index (χ3v) is 7.61. The predicted octanol–water partition coefficient (Wildman–Crippen LogP) is 2.74. The first-order valence-electron chi connectivity index (χ1n) is 10.3. The van der Waals surface area contributed by atoms with Crippen molar-refractivity contribution in [1.29, 1.82) is 0 Å². The van der Waals surface area contributed by atoms with Crippen molar-refractivity contribution in [1.82, 2.24) is 20.1 Å². The Labute approximate surface area is 184 Å². The highest BCUT2D eigenvalue weighted by Crippen LogP contribution is 2.40. The molecular weight excluding hydrogens is 422 g/mol. The number of carbonyl (C=O) groups is 2. The van der Waals surface area contributed by atoms with Crippen LogP contribution < -0.4 is 10.6 Å². The summed E-state index contributed by atoms with van der Waals surface area (Å²) in [4.78, 5) is 26.7. The number of thioether (sulfide) groups is 1. The van der Waals surface area contributed by atoms with Gasteiger partial charge in [-0.2, -0.15) is 0 Å². The number of nitrogens with one attached hydrogen (secondary N) is 2. The maximum absolute atomic E-state index is 12.8. The van der Waals surface area contributed by atoms with Crippen molar-refractivity contribution in [2.45, 2.75) is 49.6 Å². The van der Waals surface area contributed by atoms with Crippen LogP contribution in [-0.2, 0) is 29.4 Å². The van der Waals surface area contributed by atoms with E-state index in [-0.39, 0.29) is 17.6 Å². The largest absolute Gasteiger partial charge is 0.383 e. The quantitative estimate of drug-likeness (QED) is 0.451. The van der Waals surface area contributed by atoms with Crippen LogP contribution in [0.5, 0.6) is 0 Å². The topological polar surface area (TPSA) is 98.1 Å². The van der Waals surface area contributed by atoms with Crippen molar-refractivity contribution in [3.8, 4) is 0 Å². The van der Waals surface area contributed by atoms with Crippen LogP contribution in [-0.4, -0.2) is 52.6 Å². The number of ether oxygens (including phenoxy) is 1. The molecule has 1 fully saturated rings. The normalized spacial score (nSPS) is 15.7. The lowest BCUT2D eigenvalue weighted by Crippen LogP contribution is -2.29. The molecule has 0 unspecified atom stereocenters. The average Bonchev–Trinajstić information content (AvgIpc) is 3.41. The minimum absolute atomic E-state index is 0.138. The molecule has 0 saturated heterocycles. The molecule has 4 rings (SSSR count). The smallest absolute Gasteiger partial charge is 0.254 e. The zero-order chi connectivity index (χ0) is 21.1. The molecule has 10 heteroatoms. The van der Waals surface area contributed by atoms with Crippen molar-refractivity contribution in [3.05, 3.63) is 21.8 Å². The van der Waals surface area contributed by atoms with Crippen LogP contribution in [0.25, 0.3) is 0 Å². The lowest BCUT2D eigenvalue weighted by Gasteiger charge is -2.13. The van der Waals surface area contributed by atoms with Crippen molar-refractivity contribution < 1.29 is 14.3 Å². The molecule has 0 aliphatic heterocycles. The molecule has 2 aromatic rings. The van der Waals surface area contributed by atoms with Gasteiger partial charge in [0.1, 0.15) is 10.8 Å². The summed E-state index contributed by atoms with van der Waals surface area (Å²) in [5.41, 5.74) is 1.71. The molecule has 0 aromatic carbocycles. The van der Waals surface area contributed by atoms with E-state index in [1.807, 2.05) is 11.6 Å². The van der Waals surface area contributed by atoms with Crippen LogP contribution in [0.1, 0.15) is 58.2 Å². The average molecular weight is 450 g/mol. The highest BCUT2D eigenvalue weighted by molar-refractivity contribution is 7.99. The third kappa shape index (κ3) is 4.70. The second kappa shape index (κ2) is 9.49. The molecular formula is C20H27N5O3S2. The maximum Gasteiger partial charge on any atom is 0.254 e.